The van der Waals surface area contributed by atoms with Crippen LogP contribution in [0.25, 0.3) is 0 Å². The van der Waals surface area contributed by atoms with Crippen molar-refractivity contribution in [3.63, 3.8) is 0 Å². The number of methoxy groups -OCH3 is 1. The molecule has 0 spiro atoms. The molecule has 2 aliphatic heterocycles. The van der Waals surface area contributed by atoms with Crippen LogP contribution in [0.15, 0.2) is 23.2 Å². The van der Waals surface area contributed by atoms with Crippen molar-refractivity contribution in [3.05, 3.63) is 29.6 Å². The Hall–Kier alpha value is -1.62. The number of carbonyl (C=O) groups excluding carboxylic acids is 1. The van der Waals surface area contributed by atoms with Gasteiger partial charge in [-0.15, -0.1) is 24.0 Å². The van der Waals surface area contributed by atoms with Crippen molar-refractivity contribution in [3.8, 4) is 0 Å². The van der Waals surface area contributed by atoms with Gasteiger partial charge in [0.15, 0.2) is 5.96 Å². The summed E-state index contributed by atoms with van der Waals surface area (Å²) in [4.78, 5) is 20.1. The summed E-state index contributed by atoms with van der Waals surface area (Å²) in [6.45, 7) is 4.65. The molecular formula is C20H30FIN4O3. The van der Waals surface area contributed by atoms with E-state index >= 15 is 0 Å². The highest BCUT2D eigenvalue weighted by Crippen LogP contribution is 2.22. The number of aliphatic imine (C=N–C) groups is 1. The van der Waals surface area contributed by atoms with E-state index in [1.165, 1.54) is 7.11 Å². The molecule has 162 valence electrons. The molecule has 9 heteroatoms. The Morgan fingerprint density at radius 3 is 2.55 bits per heavy atom. The van der Waals surface area contributed by atoms with Gasteiger partial charge in [0.05, 0.1) is 31.9 Å². The van der Waals surface area contributed by atoms with Gasteiger partial charge >= 0.3 is 5.97 Å². The highest BCUT2D eigenvalue weighted by atomic mass is 127. The zero-order valence-electron chi connectivity index (χ0n) is 17.0. The lowest BCUT2D eigenvalue weighted by molar-refractivity contribution is -0.146. The molecule has 2 aliphatic rings. The van der Waals surface area contributed by atoms with Crippen LogP contribution in [0.3, 0.4) is 0 Å². The first kappa shape index (κ1) is 23.7. The number of guanidine groups is 1. The minimum atomic E-state index is -0.213. The Morgan fingerprint density at radius 2 is 1.97 bits per heavy atom. The number of esters is 1. The quantitative estimate of drug-likeness (QED) is 0.285. The number of anilines is 1. The smallest absolute Gasteiger partial charge is 0.308 e. The first-order valence-corrected chi connectivity index (χ1v) is 9.77. The van der Waals surface area contributed by atoms with Crippen molar-refractivity contribution < 1.29 is 18.7 Å². The lowest BCUT2D eigenvalue weighted by Gasteiger charge is -2.33. The number of halogens is 2. The minimum absolute atomic E-state index is 0. The molecule has 0 atom stereocenters. The van der Waals surface area contributed by atoms with Crippen molar-refractivity contribution in [2.45, 2.75) is 19.4 Å². The predicted octanol–water partition coefficient (Wildman–Crippen LogP) is 2.24. The second-order valence-corrected chi connectivity index (χ2v) is 7.07. The van der Waals surface area contributed by atoms with E-state index in [-0.39, 0.29) is 41.7 Å². The van der Waals surface area contributed by atoms with Gasteiger partial charge in [0.25, 0.3) is 0 Å². The molecule has 0 aromatic heterocycles. The van der Waals surface area contributed by atoms with Crippen LogP contribution in [0.5, 0.6) is 0 Å². The molecule has 1 aromatic rings. The number of hydrogen-bond acceptors (Lipinski definition) is 5. The third-order valence-electron chi connectivity index (χ3n) is 5.36. The molecule has 0 radical (unpaired) electrons. The Kier molecular flexibility index (Phi) is 9.41. The van der Waals surface area contributed by atoms with Gasteiger partial charge in [-0.25, -0.2) is 4.39 Å². The average Bonchev–Trinajstić information content (AvgIpc) is 2.75. The molecule has 2 heterocycles. The SMILES string of the molecule is CN=C(NCc1ccc(N2CCOCC2)c(F)c1)N1CCC(C(=O)OC)CC1.I. The fourth-order valence-corrected chi connectivity index (χ4v) is 3.73. The highest BCUT2D eigenvalue weighted by molar-refractivity contribution is 14.0. The lowest BCUT2D eigenvalue weighted by atomic mass is 9.97. The van der Waals surface area contributed by atoms with Crippen LogP contribution in [0.2, 0.25) is 0 Å². The molecule has 0 unspecified atom stereocenters. The molecule has 0 amide bonds. The maximum absolute atomic E-state index is 14.6. The summed E-state index contributed by atoms with van der Waals surface area (Å²) < 4.78 is 24.7. The van der Waals surface area contributed by atoms with Gasteiger partial charge in [0.1, 0.15) is 5.82 Å². The number of carbonyl (C=O) groups is 1. The van der Waals surface area contributed by atoms with Crippen molar-refractivity contribution in [2.75, 3.05) is 58.5 Å². The molecule has 2 saturated heterocycles. The highest BCUT2D eigenvalue weighted by Gasteiger charge is 2.27. The monoisotopic (exact) mass is 520 g/mol. The van der Waals surface area contributed by atoms with Gasteiger partial charge in [-0.3, -0.25) is 9.79 Å². The average molecular weight is 520 g/mol. The predicted molar refractivity (Wildman–Crippen MR) is 121 cm³/mol. The normalized spacial score (nSPS) is 18.2. The Labute approximate surface area is 188 Å². The fourth-order valence-electron chi connectivity index (χ4n) is 3.73. The van der Waals surface area contributed by atoms with Crippen LogP contribution in [0.1, 0.15) is 18.4 Å². The molecule has 2 fully saturated rings. The van der Waals surface area contributed by atoms with Crippen LogP contribution in [0.4, 0.5) is 10.1 Å². The van der Waals surface area contributed by atoms with E-state index in [4.69, 9.17) is 9.47 Å². The molecule has 7 nitrogen and oxygen atoms in total. The van der Waals surface area contributed by atoms with Crippen LogP contribution < -0.4 is 10.2 Å². The number of benzene rings is 1. The van der Waals surface area contributed by atoms with Crippen molar-refractivity contribution in [1.29, 1.82) is 0 Å². The summed E-state index contributed by atoms with van der Waals surface area (Å²) >= 11 is 0. The zero-order chi connectivity index (χ0) is 19.9. The van der Waals surface area contributed by atoms with Crippen molar-refractivity contribution in [2.24, 2.45) is 10.9 Å². The summed E-state index contributed by atoms with van der Waals surface area (Å²) in [5.74, 6) is 0.371. The molecule has 0 saturated carbocycles. The van der Waals surface area contributed by atoms with Crippen molar-refractivity contribution >= 4 is 41.6 Å². The van der Waals surface area contributed by atoms with Crippen LogP contribution >= 0.6 is 24.0 Å². The number of hydrogen-bond donors (Lipinski definition) is 1. The maximum atomic E-state index is 14.6. The Balaban J connectivity index is 0.00000300. The number of ether oxygens (including phenoxy) is 2. The number of nitrogens with zero attached hydrogens (tertiary/aromatic N) is 3. The molecule has 1 aromatic carbocycles. The number of morpholine rings is 1. The third kappa shape index (κ3) is 6.18. The van der Waals surface area contributed by atoms with E-state index in [0.717, 1.165) is 37.5 Å². The van der Waals surface area contributed by atoms with E-state index < -0.39 is 0 Å². The summed E-state index contributed by atoms with van der Waals surface area (Å²) in [6.07, 6.45) is 1.49. The van der Waals surface area contributed by atoms with E-state index in [1.807, 2.05) is 17.0 Å². The molecule has 0 bridgehead atoms. The maximum Gasteiger partial charge on any atom is 0.308 e. The van der Waals surface area contributed by atoms with Crippen LogP contribution in [-0.2, 0) is 20.8 Å². The van der Waals surface area contributed by atoms with Crippen LogP contribution in [-0.4, -0.2) is 70.4 Å². The van der Waals surface area contributed by atoms with Gasteiger partial charge in [0.2, 0.25) is 0 Å². The van der Waals surface area contributed by atoms with E-state index in [0.29, 0.717) is 38.5 Å². The first-order valence-electron chi connectivity index (χ1n) is 9.77. The van der Waals surface area contributed by atoms with E-state index in [2.05, 4.69) is 15.2 Å². The summed E-state index contributed by atoms with van der Waals surface area (Å²) in [6, 6.07) is 5.36. The first-order chi connectivity index (χ1) is 13.6. The molecular weight excluding hydrogens is 490 g/mol. The molecule has 1 N–H and O–H groups in total. The third-order valence-corrected chi connectivity index (χ3v) is 5.36. The van der Waals surface area contributed by atoms with E-state index in [9.17, 15) is 9.18 Å². The van der Waals surface area contributed by atoms with Gasteiger partial charge in [-0.1, -0.05) is 6.07 Å². The summed E-state index contributed by atoms with van der Waals surface area (Å²) in [5, 5.41) is 3.30. The second kappa shape index (κ2) is 11.5. The minimum Gasteiger partial charge on any atom is -0.469 e. The van der Waals surface area contributed by atoms with E-state index in [1.54, 1.807) is 13.1 Å². The molecule has 29 heavy (non-hydrogen) atoms. The molecule has 0 aliphatic carbocycles. The summed E-state index contributed by atoms with van der Waals surface area (Å²) in [7, 11) is 3.16. The Morgan fingerprint density at radius 1 is 1.28 bits per heavy atom. The van der Waals surface area contributed by atoms with Gasteiger partial charge in [-0.05, 0) is 30.5 Å². The zero-order valence-corrected chi connectivity index (χ0v) is 19.4. The standard InChI is InChI=1S/C20H29FN4O3.HI/c1-22-20(25-7-5-16(6-8-25)19(26)27-2)23-14-15-3-4-18(17(21)13-15)24-9-11-28-12-10-24;/h3-4,13,16H,5-12,14H2,1-2H3,(H,22,23);1H. The summed E-state index contributed by atoms with van der Waals surface area (Å²) in [5.41, 5.74) is 1.49. The Bertz CT molecular complexity index is 705. The largest absolute Gasteiger partial charge is 0.469 e. The van der Waals surface area contributed by atoms with Crippen molar-refractivity contribution in [1.82, 2.24) is 10.2 Å². The number of rotatable bonds is 4. The topological polar surface area (TPSA) is 66.4 Å². The number of nitrogens with one attached hydrogen (secondary N) is 1. The number of piperidine rings is 1. The van der Waals surface area contributed by atoms with Crippen LogP contribution in [0, 0.1) is 11.7 Å². The molecule has 3 rings (SSSR count). The van der Waals surface area contributed by atoms with Gasteiger partial charge in [0, 0.05) is 39.8 Å². The number of likely N-dealkylation sites (tertiary alicyclic amines) is 1. The second-order valence-electron chi connectivity index (χ2n) is 7.07. The fraction of sp³-hybridized carbons (Fsp3) is 0.600. The van der Waals surface area contributed by atoms with Gasteiger partial charge in [-0.2, -0.15) is 0 Å². The van der Waals surface area contributed by atoms with Gasteiger partial charge < -0.3 is 24.6 Å². The lowest BCUT2D eigenvalue weighted by Crippen LogP contribution is -2.46.